The Bertz CT molecular complexity index is 648. The Morgan fingerprint density at radius 1 is 1.21 bits per heavy atom. The molecular weight excluding hydrogens is 413 g/mol. The first-order chi connectivity index (χ1) is 11.1. The molecule has 0 bridgehead atoms. The largest absolute Gasteiger partial charge is 0.352 e. The minimum absolute atomic E-state index is 0. The first-order valence-electron chi connectivity index (χ1n) is 8.09. The number of imidazole rings is 1. The van der Waals surface area contributed by atoms with Crippen molar-refractivity contribution in [1.82, 2.24) is 20.2 Å². The van der Waals surface area contributed by atoms with E-state index in [4.69, 9.17) is 0 Å². The zero-order valence-corrected chi connectivity index (χ0v) is 17.2. The van der Waals surface area contributed by atoms with Gasteiger partial charge in [-0.3, -0.25) is 4.99 Å². The van der Waals surface area contributed by atoms with Gasteiger partial charge in [0.1, 0.15) is 5.82 Å². The second-order valence-corrected chi connectivity index (χ2v) is 6.10. The lowest BCUT2D eigenvalue weighted by molar-refractivity contribution is 0.503. The molecule has 24 heavy (non-hydrogen) atoms. The molecule has 0 aliphatic heterocycles. The van der Waals surface area contributed by atoms with Gasteiger partial charge in [-0.25, -0.2) is 4.98 Å². The van der Waals surface area contributed by atoms with Gasteiger partial charge < -0.3 is 15.2 Å². The van der Waals surface area contributed by atoms with Gasteiger partial charge in [0.05, 0.1) is 6.54 Å². The summed E-state index contributed by atoms with van der Waals surface area (Å²) in [5.41, 5.74) is 2.56. The molecule has 132 valence electrons. The average Bonchev–Trinajstić information content (AvgIpc) is 2.95. The Hall–Kier alpha value is -1.57. The third-order valence-electron chi connectivity index (χ3n) is 3.71. The monoisotopic (exact) mass is 441 g/mol. The molecule has 0 saturated carbocycles. The average molecular weight is 441 g/mol. The molecule has 0 unspecified atom stereocenters. The van der Waals surface area contributed by atoms with Gasteiger partial charge in [0.15, 0.2) is 5.96 Å². The third kappa shape index (κ3) is 6.14. The van der Waals surface area contributed by atoms with E-state index >= 15 is 0 Å². The van der Waals surface area contributed by atoms with E-state index in [1.54, 1.807) is 7.05 Å². The maximum Gasteiger partial charge on any atom is 0.191 e. The Labute approximate surface area is 162 Å². The minimum Gasteiger partial charge on any atom is -0.352 e. The predicted octanol–water partition coefficient (Wildman–Crippen LogP) is 3.33. The van der Waals surface area contributed by atoms with Crippen molar-refractivity contribution in [2.75, 3.05) is 7.05 Å². The maximum absolute atomic E-state index is 4.43. The molecule has 0 saturated heterocycles. The number of nitrogens with one attached hydrogen (secondary N) is 2. The summed E-state index contributed by atoms with van der Waals surface area (Å²) in [6.45, 7) is 8.93. The molecule has 0 radical (unpaired) electrons. The number of rotatable bonds is 6. The molecule has 5 nitrogen and oxygen atoms in total. The van der Waals surface area contributed by atoms with Gasteiger partial charge in [-0.15, -0.1) is 24.0 Å². The number of aromatic nitrogens is 2. The third-order valence-corrected chi connectivity index (χ3v) is 3.71. The molecule has 2 rings (SSSR count). The van der Waals surface area contributed by atoms with Crippen LogP contribution in [0.25, 0.3) is 0 Å². The smallest absolute Gasteiger partial charge is 0.191 e. The molecule has 1 aromatic carbocycles. The summed E-state index contributed by atoms with van der Waals surface area (Å²) < 4.78 is 2.19. The first kappa shape index (κ1) is 20.5. The highest BCUT2D eigenvalue weighted by Crippen LogP contribution is 2.06. The van der Waals surface area contributed by atoms with Gasteiger partial charge in [0, 0.05) is 32.5 Å². The zero-order chi connectivity index (χ0) is 16.7. The number of hydrogen-bond donors (Lipinski definition) is 2. The zero-order valence-electron chi connectivity index (χ0n) is 14.9. The van der Waals surface area contributed by atoms with Crippen molar-refractivity contribution in [3.63, 3.8) is 0 Å². The summed E-state index contributed by atoms with van der Waals surface area (Å²) in [4.78, 5) is 8.71. The van der Waals surface area contributed by atoms with Crippen LogP contribution in [0.2, 0.25) is 0 Å². The Morgan fingerprint density at radius 2 is 1.92 bits per heavy atom. The second-order valence-electron chi connectivity index (χ2n) is 6.10. The van der Waals surface area contributed by atoms with Crippen LogP contribution in [0.5, 0.6) is 0 Å². The highest BCUT2D eigenvalue weighted by Gasteiger charge is 2.06. The number of benzene rings is 1. The van der Waals surface area contributed by atoms with Crippen LogP contribution >= 0.6 is 24.0 Å². The van der Waals surface area contributed by atoms with E-state index in [0.29, 0.717) is 12.5 Å². The molecule has 0 aliphatic rings. The van der Waals surface area contributed by atoms with Gasteiger partial charge in [-0.1, -0.05) is 38.1 Å². The molecule has 1 heterocycles. The van der Waals surface area contributed by atoms with Crippen LogP contribution in [0, 0.1) is 12.8 Å². The van der Waals surface area contributed by atoms with Crippen LogP contribution in [0.15, 0.2) is 41.7 Å². The quantitative estimate of drug-likeness (QED) is 0.411. The van der Waals surface area contributed by atoms with Gasteiger partial charge >= 0.3 is 0 Å². The molecule has 1 aromatic heterocycles. The highest BCUT2D eigenvalue weighted by atomic mass is 127. The summed E-state index contributed by atoms with van der Waals surface area (Å²) in [5, 5.41) is 6.68. The van der Waals surface area contributed by atoms with Crippen LogP contribution in [-0.2, 0) is 19.6 Å². The van der Waals surface area contributed by atoms with Crippen LogP contribution in [0.3, 0.4) is 0 Å². The topological polar surface area (TPSA) is 54.2 Å². The fourth-order valence-electron chi connectivity index (χ4n) is 2.44. The molecule has 2 N–H and O–H groups in total. The van der Waals surface area contributed by atoms with Crippen molar-refractivity contribution < 1.29 is 0 Å². The summed E-state index contributed by atoms with van der Waals surface area (Å²) in [7, 11) is 1.79. The Kier molecular flexibility index (Phi) is 8.81. The van der Waals surface area contributed by atoms with Crippen LogP contribution < -0.4 is 10.6 Å². The molecular formula is C18H28IN5. The summed E-state index contributed by atoms with van der Waals surface area (Å²) >= 11 is 0. The normalized spacial score (nSPS) is 11.3. The predicted molar refractivity (Wildman–Crippen MR) is 111 cm³/mol. The SMILES string of the molecule is CN=C(NCc1ccccc1C)NCc1nccn1CC(C)C.I. The molecule has 2 aromatic rings. The number of nitrogens with zero attached hydrogens (tertiary/aromatic N) is 3. The van der Waals surface area contributed by atoms with Gasteiger partial charge in [0.2, 0.25) is 0 Å². The molecule has 0 atom stereocenters. The minimum atomic E-state index is 0. The van der Waals surface area contributed by atoms with E-state index in [1.165, 1.54) is 11.1 Å². The number of aliphatic imine (C=N–C) groups is 1. The van der Waals surface area contributed by atoms with E-state index < -0.39 is 0 Å². The molecule has 0 amide bonds. The summed E-state index contributed by atoms with van der Waals surface area (Å²) in [5.74, 6) is 2.41. The van der Waals surface area contributed by atoms with Gasteiger partial charge in [0.25, 0.3) is 0 Å². The summed E-state index contributed by atoms with van der Waals surface area (Å²) in [6.07, 6.45) is 3.88. The molecule has 0 fully saturated rings. The molecule has 0 spiro atoms. The summed E-state index contributed by atoms with van der Waals surface area (Å²) in [6, 6.07) is 8.37. The van der Waals surface area contributed by atoms with Crippen molar-refractivity contribution >= 4 is 29.9 Å². The second kappa shape index (κ2) is 10.3. The van der Waals surface area contributed by atoms with Crippen molar-refractivity contribution in [3.8, 4) is 0 Å². The Morgan fingerprint density at radius 3 is 2.58 bits per heavy atom. The number of halogens is 1. The van der Waals surface area contributed by atoms with E-state index in [9.17, 15) is 0 Å². The number of hydrogen-bond acceptors (Lipinski definition) is 2. The van der Waals surface area contributed by atoms with E-state index in [2.05, 4.69) is 70.2 Å². The molecule has 6 heteroatoms. The lowest BCUT2D eigenvalue weighted by atomic mass is 10.1. The highest BCUT2D eigenvalue weighted by molar-refractivity contribution is 14.0. The van der Waals surface area contributed by atoms with Crippen molar-refractivity contribution in [2.24, 2.45) is 10.9 Å². The van der Waals surface area contributed by atoms with E-state index in [-0.39, 0.29) is 24.0 Å². The van der Waals surface area contributed by atoms with E-state index in [1.807, 2.05) is 12.4 Å². The molecule has 0 aliphatic carbocycles. The van der Waals surface area contributed by atoms with Crippen LogP contribution in [0.1, 0.15) is 30.8 Å². The number of guanidine groups is 1. The van der Waals surface area contributed by atoms with Gasteiger partial charge in [-0.05, 0) is 24.0 Å². The van der Waals surface area contributed by atoms with Crippen LogP contribution in [-0.4, -0.2) is 22.6 Å². The fourth-order valence-corrected chi connectivity index (χ4v) is 2.44. The standard InChI is InChI=1S/C18H27N5.HI/c1-14(2)13-23-10-9-20-17(23)12-22-18(19-4)21-11-16-8-6-5-7-15(16)3;/h5-10,14H,11-13H2,1-4H3,(H2,19,21,22);1H. The number of aryl methyl sites for hydroxylation is 1. The maximum atomic E-state index is 4.43. The lowest BCUT2D eigenvalue weighted by Gasteiger charge is -2.14. The van der Waals surface area contributed by atoms with Crippen molar-refractivity contribution in [1.29, 1.82) is 0 Å². The Balaban J connectivity index is 0.00000288. The van der Waals surface area contributed by atoms with E-state index in [0.717, 1.165) is 24.9 Å². The lowest BCUT2D eigenvalue weighted by Crippen LogP contribution is -2.37. The fraction of sp³-hybridized carbons (Fsp3) is 0.444. The van der Waals surface area contributed by atoms with Crippen molar-refractivity contribution in [2.45, 2.75) is 40.4 Å². The first-order valence-corrected chi connectivity index (χ1v) is 8.09. The van der Waals surface area contributed by atoms with Gasteiger partial charge in [-0.2, -0.15) is 0 Å². The van der Waals surface area contributed by atoms with Crippen molar-refractivity contribution in [3.05, 3.63) is 53.6 Å². The van der Waals surface area contributed by atoms with Crippen LogP contribution in [0.4, 0.5) is 0 Å².